The molecule has 0 bridgehead atoms. The molecular weight excluding hydrogens is 228 g/mol. The van der Waals surface area contributed by atoms with Crippen LogP contribution in [0.4, 0.5) is 0 Å². The second-order valence-electron chi connectivity index (χ2n) is 4.24. The molecule has 2 rings (SSSR count). The number of phenols is 1. The molecule has 1 unspecified atom stereocenters. The van der Waals surface area contributed by atoms with Gasteiger partial charge in [-0.2, -0.15) is 0 Å². The van der Waals surface area contributed by atoms with Gasteiger partial charge < -0.3 is 14.9 Å². The van der Waals surface area contributed by atoms with Gasteiger partial charge in [0.2, 0.25) is 0 Å². The summed E-state index contributed by atoms with van der Waals surface area (Å²) in [5, 5.41) is 20.1. The predicted octanol–water partition coefficient (Wildman–Crippen LogP) is 2.79. The Bertz CT molecular complexity index is 532. The second-order valence-corrected chi connectivity index (χ2v) is 4.24. The fraction of sp³-hybridized carbons (Fsp3) is 0.200. The zero-order valence-corrected chi connectivity index (χ0v) is 10.4. The molecule has 0 fully saturated rings. The third kappa shape index (κ3) is 2.46. The minimum absolute atomic E-state index is 0.0591. The number of hydrogen-bond donors (Lipinski definition) is 2. The van der Waals surface area contributed by atoms with Crippen molar-refractivity contribution in [2.75, 3.05) is 7.11 Å². The van der Waals surface area contributed by atoms with Gasteiger partial charge in [0.05, 0.1) is 7.11 Å². The van der Waals surface area contributed by atoms with E-state index in [9.17, 15) is 10.2 Å². The Balaban J connectivity index is 2.38. The first-order valence-electron chi connectivity index (χ1n) is 5.73. The van der Waals surface area contributed by atoms with Gasteiger partial charge >= 0.3 is 0 Å². The maximum Gasteiger partial charge on any atom is 0.122 e. The lowest BCUT2D eigenvalue weighted by atomic mass is 9.99. The van der Waals surface area contributed by atoms with E-state index in [-0.39, 0.29) is 5.75 Å². The van der Waals surface area contributed by atoms with E-state index in [0.29, 0.717) is 11.3 Å². The van der Waals surface area contributed by atoms with E-state index in [2.05, 4.69) is 0 Å². The number of methoxy groups -OCH3 is 1. The van der Waals surface area contributed by atoms with Crippen LogP contribution in [0, 0.1) is 6.92 Å². The summed E-state index contributed by atoms with van der Waals surface area (Å²) >= 11 is 0. The predicted molar refractivity (Wildman–Crippen MR) is 69.9 cm³/mol. The van der Waals surface area contributed by atoms with Crippen LogP contribution >= 0.6 is 0 Å². The quantitative estimate of drug-likeness (QED) is 0.872. The Morgan fingerprint density at radius 3 is 2.33 bits per heavy atom. The highest BCUT2D eigenvalue weighted by Gasteiger charge is 2.15. The highest BCUT2D eigenvalue weighted by molar-refractivity contribution is 5.44. The Morgan fingerprint density at radius 2 is 1.72 bits per heavy atom. The summed E-state index contributed by atoms with van der Waals surface area (Å²) in [6.45, 7) is 1.99. The molecule has 0 aromatic heterocycles. The Kier molecular flexibility index (Phi) is 3.53. The summed E-state index contributed by atoms with van der Waals surface area (Å²) in [7, 11) is 1.55. The number of phenolic OH excluding ortho intramolecular Hbond substituents is 1. The molecule has 0 heterocycles. The average molecular weight is 244 g/mol. The first-order valence-corrected chi connectivity index (χ1v) is 5.73. The lowest BCUT2D eigenvalue weighted by molar-refractivity contribution is 0.215. The molecule has 0 saturated heterocycles. The van der Waals surface area contributed by atoms with Crippen molar-refractivity contribution < 1.29 is 14.9 Å². The normalized spacial score (nSPS) is 12.2. The van der Waals surface area contributed by atoms with E-state index in [1.807, 2.05) is 31.2 Å². The van der Waals surface area contributed by atoms with E-state index < -0.39 is 6.10 Å². The van der Waals surface area contributed by atoms with E-state index in [4.69, 9.17) is 4.74 Å². The van der Waals surface area contributed by atoms with Crippen LogP contribution in [0.5, 0.6) is 11.5 Å². The second kappa shape index (κ2) is 5.10. The average Bonchev–Trinajstić information content (AvgIpc) is 2.39. The van der Waals surface area contributed by atoms with E-state index >= 15 is 0 Å². The summed E-state index contributed by atoms with van der Waals surface area (Å²) in [4.78, 5) is 0. The van der Waals surface area contributed by atoms with Gasteiger partial charge in [-0.25, -0.2) is 0 Å². The minimum atomic E-state index is -0.860. The zero-order valence-electron chi connectivity index (χ0n) is 10.4. The topological polar surface area (TPSA) is 49.7 Å². The summed E-state index contributed by atoms with van der Waals surface area (Å²) in [6, 6.07) is 12.4. The summed E-state index contributed by atoms with van der Waals surface area (Å²) in [6.07, 6.45) is -0.860. The van der Waals surface area contributed by atoms with Gasteiger partial charge in [-0.15, -0.1) is 0 Å². The molecule has 2 N–H and O–H groups in total. The summed E-state index contributed by atoms with van der Waals surface area (Å²) in [5.74, 6) is 0.665. The van der Waals surface area contributed by atoms with E-state index in [1.165, 1.54) is 6.07 Å². The molecule has 1 atom stereocenters. The van der Waals surface area contributed by atoms with Crippen LogP contribution < -0.4 is 4.74 Å². The molecule has 94 valence electrons. The first kappa shape index (κ1) is 12.5. The van der Waals surface area contributed by atoms with Gasteiger partial charge in [0.25, 0.3) is 0 Å². The van der Waals surface area contributed by atoms with Crippen LogP contribution in [0.3, 0.4) is 0 Å². The van der Waals surface area contributed by atoms with Gasteiger partial charge in [-0.05, 0) is 30.7 Å². The molecule has 3 nitrogen and oxygen atoms in total. The highest BCUT2D eigenvalue weighted by Crippen LogP contribution is 2.32. The number of ether oxygens (including phenoxy) is 1. The van der Waals surface area contributed by atoms with Crippen molar-refractivity contribution in [3.8, 4) is 11.5 Å². The Hall–Kier alpha value is -2.00. The Morgan fingerprint density at radius 1 is 1.06 bits per heavy atom. The maximum absolute atomic E-state index is 10.3. The molecule has 2 aromatic rings. The van der Waals surface area contributed by atoms with Gasteiger partial charge in [0.15, 0.2) is 0 Å². The molecule has 18 heavy (non-hydrogen) atoms. The molecule has 0 radical (unpaired) electrons. The van der Waals surface area contributed by atoms with Crippen molar-refractivity contribution in [3.63, 3.8) is 0 Å². The number of aliphatic hydroxyl groups is 1. The third-order valence-corrected chi connectivity index (χ3v) is 2.92. The van der Waals surface area contributed by atoms with Crippen molar-refractivity contribution in [3.05, 3.63) is 59.2 Å². The Labute approximate surface area is 106 Å². The number of hydrogen-bond acceptors (Lipinski definition) is 3. The van der Waals surface area contributed by atoms with Crippen LogP contribution in [-0.2, 0) is 0 Å². The maximum atomic E-state index is 10.3. The van der Waals surface area contributed by atoms with Gasteiger partial charge in [0, 0.05) is 5.56 Å². The zero-order chi connectivity index (χ0) is 13.1. The van der Waals surface area contributed by atoms with Crippen molar-refractivity contribution in [1.82, 2.24) is 0 Å². The molecule has 0 spiro atoms. The molecule has 0 aliphatic heterocycles. The lowest BCUT2D eigenvalue weighted by Gasteiger charge is -2.14. The highest BCUT2D eigenvalue weighted by atomic mass is 16.5. The smallest absolute Gasteiger partial charge is 0.122 e. The lowest BCUT2D eigenvalue weighted by Crippen LogP contribution is -2.00. The molecular formula is C15H16O3. The van der Waals surface area contributed by atoms with Crippen LogP contribution in [0.25, 0.3) is 0 Å². The largest absolute Gasteiger partial charge is 0.508 e. The number of aryl methyl sites for hydroxylation is 1. The number of aliphatic hydroxyl groups excluding tert-OH is 1. The molecule has 0 amide bonds. The van der Waals surface area contributed by atoms with Gasteiger partial charge in [-0.3, -0.25) is 0 Å². The fourth-order valence-corrected chi connectivity index (χ4v) is 1.81. The van der Waals surface area contributed by atoms with Gasteiger partial charge in [0.1, 0.15) is 17.6 Å². The third-order valence-electron chi connectivity index (χ3n) is 2.92. The number of benzene rings is 2. The SMILES string of the molecule is COc1ccc(O)c(C(O)c2ccc(C)cc2)c1. The van der Waals surface area contributed by atoms with Crippen molar-refractivity contribution in [1.29, 1.82) is 0 Å². The first-order chi connectivity index (χ1) is 8.61. The molecule has 3 heteroatoms. The number of rotatable bonds is 3. The van der Waals surface area contributed by atoms with Crippen LogP contribution in [0.2, 0.25) is 0 Å². The van der Waals surface area contributed by atoms with E-state index in [1.54, 1.807) is 19.2 Å². The van der Waals surface area contributed by atoms with Crippen molar-refractivity contribution in [2.45, 2.75) is 13.0 Å². The number of aromatic hydroxyl groups is 1. The molecule has 2 aromatic carbocycles. The minimum Gasteiger partial charge on any atom is -0.508 e. The van der Waals surface area contributed by atoms with Crippen LogP contribution in [0.15, 0.2) is 42.5 Å². The fourth-order valence-electron chi connectivity index (χ4n) is 1.81. The van der Waals surface area contributed by atoms with E-state index in [0.717, 1.165) is 11.1 Å². The standard InChI is InChI=1S/C15H16O3/c1-10-3-5-11(6-4-10)15(17)13-9-12(18-2)7-8-14(13)16/h3-9,15-17H,1-2H3. The molecule has 0 aliphatic carbocycles. The van der Waals surface area contributed by atoms with Crippen LogP contribution in [-0.4, -0.2) is 17.3 Å². The summed E-state index contributed by atoms with van der Waals surface area (Å²) < 4.78 is 5.09. The monoisotopic (exact) mass is 244 g/mol. The van der Waals surface area contributed by atoms with Crippen LogP contribution in [0.1, 0.15) is 22.8 Å². The summed E-state index contributed by atoms with van der Waals surface area (Å²) in [5.41, 5.74) is 2.31. The van der Waals surface area contributed by atoms with Crippen molar-refractivity contribution >= 4 is 0 Å². The molecule has 0 saturated carbocycles. The van der Waals surface area contributed by atoms with Gasteiger partial charge in [-0.1, -0.05) is 29.8 Å². The van der Waals surface area contributed by atoms with Crippen molar-refractivity contribution in [2.24, 2.45) is 0 Å². The molecule has 0 aliphatic rings.